The first kappa shape index (κ1) is 18.6. The molecule has 1 heterocycles. The molecule has 24 heavy (non-hydrogen) atoms. The van der Waals surface area contributed by atoms with Crippen LogP contribution in [0.2, 0.25) is 0 Å². The Hall–Kier alpha value is -1.75. The summed E-state index contributed by atoms with van der Waals surface area (Å²) >= 11 is 5.68. The van der Waals surface area contributed by atoms with Gasteiger partial charge in [0.05, 0.1) is 0 Å². The molecule has 1 aromatic rings. The molecular formula is C18H25ClN2O3. The van der Waals surface area contributed by atoms with Crippen molar-refractivity contribution in [3.8, 4) is 0 Å². The van der Waals surface area contributed by atoms with E-state index in [1.165, 1.54) is 0 Å². The van der Waals surface area contributed by atoms with Crippen molar-refractivity contribution in [1.29, 1.82) is 0 Å². The normalized spacial score (nSPS) is 17.2. The fourth-order valence-electron chi connectivity index (χ4n) is 2.91. The molecule has 2 amide bonds. The molecule has 1 fully saturated rings. The summed E-state index contributed by atoms with van der Waals surface area (Å²) < 4.78 is 5.37. The van der Waals surface area contributed by atoms with E-state index < -0.39 is 0 Å². The third kappa shape index (κ3) is 5.13. The van der Waals surface area contributed by atoms with Crippen molar-refractivity contribution in [3.05, 3.63) is 35.9 Å². The fourth-order valence-corrected chi connectivity index (χ4v) is 3.07. The Morgan fingerprint density at radius 1 is 1.33 bits per heavy atom. The van der Waals surface area contributed by atoms with Gasteiger partial charge in [-0.3, -0.25) is 4.79 Å². The minimum Gasteiger partial charge on any atom is -0.445 e. The van der Waals surface area contributed by atoms with Crippen LogP contribution >= 0.6 is 11.6 Å². The highest BCUT2D eigenvalue weighted by Crippen LogP contribution is 2.20. The number of ether oxygens (including phenoxy) is 1. The van der Waals surface area contributed by atoms with E-state index in [0.29, 0.717) is 19.6 Å². The van der Waals surface area contributed by atoms with Crippen LogP contribution in [-0.2, 0) is 16.1 Å². The smallest absolute Gasteiger partial charge is 0.410 e. The van der Waals surface area contributed by atoms with E-state index in [1.807, 2.05) is 44.2 Å². The van der Waals surface area contributed by atoms with Gasteiger partial charge in [-0.05, 0) is 31.7 Å². The van der Waals surface area contributed by atoms with E-state index in [-0.39, 0.29) is 36.4 Å². The maximum absolute atomic E-state index is 12.2. The third-order valence-corrected chi connectivity index (χ3v) is 4.49. The van der Waals surface area contributed by atoms with Crippen molar-refractivity contribution in [2.45, 2.75) is 32.9 Å². The molecule has 0 saturated carbocycles. The second-order valence-corrected chi connectivity index (χ2v) is 6.68. The summed E-state index contributed by atoms with van der Waals surface area (Å²) in [6.07, 6.45) is 0.584. The molecular weight excluding hydrogens is 328 g/mol. The number of hydrogen-bond donors (Lipinski definition) is 0. The molecule has 0 radical (unpaired) electrons. The molecule has 0 aliphatic carbocycles. The lowest BCUT2D eigenvalue weighted by Gasteiger charge is -2.28. The highest BCUT2D eigenvalue weighted by Gasteiger charge is 2.30. The summed E-state index contributed by atoms with van der Waals surface area (Å²) in [4.78, 5) is 27.6. The van der Waals surface area contributed by atoms with E-state index in [1.54, 1.807) is 9.80 Å². The van der Waals surface area contributed by atoms with E-state index >= 15 is 0 Å². The largest absolute Gasteiger partial charge is 0.445 e. The van der Waals surface area contributed by atoms with Gasteiger partial charge < -0.3 is 14.5 Å². The van der Waals surface area contributed by atoms with Crippen LogP contribution in [0.3, 0.4) is 0 Å². The summed E-state index contributed by atoms with van der Waals surface area (Å²) in [7, 11) is 0. The Bertz CT molecular complexity index is 550. The molecule has 0 bridgehead atoms. The Morgan fingerprint density at radius 2 is 2.04 bits per heavy atom. The molecule has 0 unspecified atom stereocenters. The van der Waals surface area contributed by atoms with Gasteiger partial charge in [-0.1, -0.05) is 30.3 Å². The number of benzene rings is 1. The SMILES string of the molecule is CC(C)N(C[C@@H]1CCN(C(=O)OCc2ccccc2)C1)C(=O)CCl. The summed E-state index contributed by atoms with van der Waals surface area (Å²) in [6.45, 7) is 6.15. The van der Waals surface area contributed by atoms with E-state index in [4.69, 9.17) is 16.3 Å². The minimum atomic E-state index is -0.291. The number of nitrogens with zero attached hydrogens (tertiary/aromatic N) is 2. The second-order valence-electron chi connectivity index (χ2n) is 6.41. The zero-order valence-electron chi connectivity index (χ0n) is 14.3. The molecule has 1 saturated heterocycles. The summed E-state index contributed by atoms with van der Waals surface area (Å²) in [5.41, 5.74) is 0.972. The van der Waals surface area contributed by atoms with Crippen LogP contribution in [0.4, 0.5) is 4.79 Å². The van der Waals surface area contributed by atoms with Crippen molar-refractivity contribution >= 4 is 23.6 Å². The van der Waals surface area contributed by atoms with Gasteiger partial charge >= 0.3 is 6.09 Å². The Morgan fingerprint density at radius 3 is 2.67 bits per heavy atom. The van der Waals surface area contributed by atoms with E-state index in [2.05, 4.69) is 0 Å². The molecule has 2 rings (SSSR count). The number of alkyl halides is 1. The van der Waals surface area contributed by atoms with Crippen LogP contribution in [0.25, 0.3) is 0 Å². The first-order valence-corrected chi connectivity index (χ1v) is 8.85. The molecule has 6 heteroatoms. The number of likely N-dealkylation sites (tertiary alicyclic amines) is 1. The van der Waals surface area contributed by atoms with Crippen molar-refractivity contribution in [1.82, 2.24) is 9.80 Å². The van der Waals surface area contributed by atoms with Crippen LogP contribution in [0.15, 0.2) is 30.3 Å². The van der Waals surface area contributed by atoms with Crippen LogP contribution in [0, 0.1) is 5.92 Å². The molecule has 0 aromatic heterocycles. The molecule has 132 valence electrons. The topological polar surface area (TPSA) is 49.9 Å². The lowest BCUT2D eigenvalue weighted by molar-refractivity contribution is -0.130. The molecule has 1 aliphatic rings. The minimum absolute atomic E-state index is 0.00622. The van der Waals surface area contributed by atoms with Crippen molar-refractivity contribution in [3.63, 3.8) is 0 Å². The highest BCUT2D eigenvalue weighted by molar-refractivity contribution is 6.27. The molecule has 1 atom stereocenters. The summed E-state index contributed by atoms with van der Waals surface area (Å²) in [5.74, 6) is 0.203. The number of carbonyl (C=O) groups excluding carboxylic acids is 2. The molecule has 5 nitrogen and oxygen atoms in total. The van der Waals surface area contributed by atoms with Gasteiger partial charge in [-0.15, -0.1) is 11.6 Å². The predicted octanol–water partition coefficient (Wildman–Crippen LogP) is 3.12. The van der Waals surface area contributed by atoms with Gasteiger partial charge in [0.15, 0.2) is 0 Å². The number of carbonyl (C=O) groups is 2. The maximum atomic E-state index is 12.2. The second kappa shape index (κ2) is 8.92. The summed E-state index contributed by atoms with van der Waals surface area (Å²) in [6, 6.07) is 9.73. The zero-order chi connectivity index (χ0) is 17.5. The number of rotatable bonds is 6. The van der Waals surface area contributed by atoms with E-state index in [9.17, 15) is 9.59 Å². The van der Waals surface area contributed by atoms with Crippen LogP contribution in [0.5, 0.6) is 0 Å². The van der Waals surface area contributed by atoms with Crippen molar-refractivity contribution in [2.24, 2.45) is 5.92 Å². The third-order valence-electron chi connectivity index (χ3n) is 4.26. The average Bonchev–Trinajstić information content (AvgIpc) is 3.06. The Kier molecular flexibility index (Phi) is 6.91. The molecule has 1 aromatic carbocycles. The van der Waals surface area contributed by atoms with Crippen LogP contribution in [0.1, 0.15) is 25.8 Å². The molecule has 0 spiro atoms. The molecule has 1 aliphatic heterocycles. The average molecular weight is 353 g/mol. The monoisotopic (exact) mass is 352 g/mol. The molecule has 0 N–H and O–H groups in total. The van der Waals surface area contributed by atoms with Gasteiger partial charge in [0.2, 0.25) is 5.91 Å². The van der Waals surface area contributed by atoms with Crippen LogP contribution < -0.4 is 0 Å². The van der Waals surface area contributed by atoms with Gasteiger partial charge in [0.1, 0.15) is 12.5 Å². The Labute approximate surface area is 148 Å². The van der Waals surface area contributed by atoms with Gasteiger partial charge in [-0.2, -0.15) is 0 Å². The quantitative estimate of drug-likeness (QED) is 0.739. The highest BCUT2D eigenvalue weighted by atomic mass is 35.5. The van der Waals surface area contributed by atoms with Crippen molar-refractivity contribution in [2.75, 3.05) is 25.5 Å². The maximum Gasteiger partial charge on any atom is 0.410 e. The van der Waals surface area contributed by atoms with Crippen molar-refractivity contribution < 1.29 is 14.3 Å². The standard InChI is InChI=1S/C18H25ClN2O3/c1-14(2)21(17(22)10-19)12-16-8-9-20(11-16)18(23)24-13-15-6-4-3-5-7-15/h3-7,14,16H,8-13H2,1-2H3/t16-/m1/s1. The lowest BCUT2D eigenvalue weighted by Crippen LogP contribution is -2.42. The fraction of sp³-hybridized carbons (Fsp3) is 0.556. The number of amides is 2. The Balaban J connectivity index is 1.81. The van der Waals surface area contributed by atoms with Gasteiger partial charge in [0, 0.05) is 25.7 Å². The number of halogens is 1. The zero-order valence-corrected chi connectivity index (χ0v) is 15.0. The van der Waals surface area contributed by atoms with Crippen LogP contribution in [-0.4, -0.2) is 53.4 Å². The first-order chi connectivity index (χ1) is 11.5. The van der Waals surface area contributed by atoms with Gasteiger partial charge in [-0.25, -0.2) is 4.79 Å². The predicted molar refractivity (Wildman–Crippen MR) is 93.9 cm³/mol. The lowest BCUT2D eigenvalue weighted by atomic mass is 10.1. The summed E-state index contributed by atoms with van der Waals surface area (Å²) in [5, 5.41) is 0. The number of hydrogen-bond acceptors (Lipinski definition) is 3. The first-order valence-electron chi connectivity index (χ1n) is 8.32. The van der Waals surface area contributed by atoms with E-state index in [0.717, 1.165) is 12.0 Å². The van der Waals surface area contributed by atoms with Gasteiger partial charge in [0.25, 0.3) is 0 Å².